The predicted octanol–water partition coefficient (Wildman–Crippen LogP) is 6.70. The van der Waals surface area contributed by atoms with Crippen LogP contribution >= 0.6 is 11.3 Å². The summed E-state index contributed by atoms with van der Waals surface area (Å²) >= 11 is 1.63. The van der Waals surface area contributed by atoms with E-state index in [1.807, 2.05) is 51.2 Å². The second-order valence-corrected chi connectivity index (χ2v) is 14.0. The topological polar surface area (TPSA) is 133 Å². The van der Waals surface area contributed by atoms with Gasteiger partial charge in [0.15, 0.2) is 5.82 Å². The number of rotatable bonds is 8. The molecule has 3 aromatic rings. The number of carbonyl (C=O) groups excluding carboxylic acids is 1. The first kappa shape index (κ1) is 26.7. The molecular formula is C27H36N6O3S2. The van der Waals surface area contributed by atoms with Crippen LogP contribution in [0.3, 0.4) is 0 Å². The average Bonchev–Trinajstić information content (AvgIpc) is 3.47. The molecule has 11 heteroatoms. The maximum Gasteiger partial charge on any atom is 0.407 e. The number of alkyl carbamates (subject to hydrolysis) is 1. The zero-order valence-corrected chi connectivity index (χ0v) is 23.7. The lowest BCUT2D eigenvalue weighted by molar-refractivity contribution is 0.109. The zero-order valence-electron chi connectivity index (χ0n) is 22.1. The first-order valence-corrected chi connectivity index (χ1v) is 15.8. The number of aromatic nitrogens is 3. The Hall–Kier alpha value is -2.92. The van der Waals surface area contributed by atoms with Crippen LogP contribution in [0, 0.1) is 11.7 Å². The molecule has 38 heavy (non-hydrogen) atoms. The quantitative estimate of drug-likeness (QED) is 0.244. The molecule has 0 aliphatic heterocycles. The molecule has 2 heterocycles. The molecule has 4 N–H and O–H groups in total. The van der Waals surface area contributed by atoms with Gasteiger partial charge >= 0.3 is 6.09 Å². The Balaban J connectivity index is 1.34. The Kier molecular flexibility index (Phi) is 7.76. The van der Waals surface area contributed by atoms with Crippen molar-refractivity contribution in [1.29, 1.82) is 4.78 Å². The van der Waals surface area contributed by atoms with E-state index in [4.69, 9.17) is 14.5 Å². The van der Waals surface area contributed by atoms with Crippen LogP contribution < -0.4 is 10.6 Å². The van der Waals surface area contributed by atoms with Gasteiger partial charge in [-0.3, -0.25) is 5.10 Å². The van der Waals surface area contributed by atoms with Crippen LogP contribution in [0.1, 0.15) is 75.4 Å². The first-order chi connectivity index (χ1) is 18.2. The Morgan fingerprint density at radius 3 is 2.58 bits per heavy atom. The van der Waals surface area contributed by atoms with Gasteiger partial charge in [0.2, 0.25) is 0 Å². The Labute approximate surface area is 228 Å². The average molecular weight is 557 g/mol. The number of carbonyl (C=O) groups is 1. The Morgan fingerprint density at radius 2 is 1.95 bits per heavy atom. The molecule has 1 unspecified atom stereocenters. The van der Waals surface area contributed by atoms with E-state index in [0.717, 1.165) is 71.8 Å². The van der Waals surface area contributed by atoms with Gasteiger partial charge in [0.25, 0.3) is 0 Å². The monoisotopic (exact) mass is 556 g/mol. The number of aryl methyl sites for hydroxylation is 1. The van der Waals surface area contributed by atoms with Crippen LogP contribution in [0.4, 0.5) is 16.3 Å². The van der Waals surface area contributed by atoms with Crippen LogP contribution in [0.2, 0.25) is 0 Å². The third kappa shape index (κ3) is 5.88. The minimum absolute atomic E-state index is 0.110. The second kappa shape index (κ2) is 11.1. The summed E-state index contributed by atoms with van der Waals surface area (Å²) < 4.78 is 28.0. The molecule has 2 aliphatic rings. The maximum absolute atomic E-state index is 13.8. The molecule has 0 radical (unpaired) electrons. The molecule has 0 bridgehead atoms. The summed E-state index contributed by atoms with van der Waals surface area (Å²) in [5, 5.41) is 14.4. The van der Waals surface area contributed by atoms with Crippen molar-refractivity contribution in [2.75, 3.05) is 5.32 Å². The normalized spacial score (nSPS) is 21.5. The SMILES string of the molecule is Cc1cc(Nc2ccc(-c3cnc(C4CCC(NC(=O)OC(C)C)CC4)s3)c(S(=N)(=O)C3CCC3)c2)n[nH]1. The van der Waals surface area contributed by atoms with Gasteiger partial charge in [-0.05, 0) is 71.4 Å². The van der Waals surface area contributed by atoms with E-state index in [1.165, 1.54) is 0 Å². The van der Waals surface area contributed by atoms with Crippen molar-refractivity contribution < 1.29 is 13.7 Å². The number of H-pyrrole nitrogens is 1. The number of amides is 1. The van der Waals surface area contributed by atoms with E-state index in [2.05, 4.69) is 20.8 Å². The first-order valence-electron chi connectivity index (χ1n) is 13.3. The van der Waals surface area contributed by atoms with Crippen LogP contribution in [0.25, 0.3) is 10.4 Å². The van der Waals surface area contributed by atoms with Gasteiger partial charge in [-0.1, -0.05) is 12.5 Å². The van der Waals surface area contributed by atoms with E-state index in [0.29, 0.717) is 16.6 Å². The third-order valence-electron chi connectivity index (χ3n) is 7.34. The Morgan fingerprint density at radius 1 is 1.18 bits per heavy atom. The van der Waals surface area contributed by atoms with Crippen LogP contribution in [0.5, 0.6) is 0 Å². The Bertz CT molecular complexity index is 1390. The molecule has 9 nitrogen and oxygen atoms in total. The molecule has 0 spiro atoms. The van der Waals surface area contributed by atoms with Gasteiger partial charge < -0.3 is 15.4 Å². The predicted molar refractivity (Wildman–Crippen MR) is 151 cm³/mol. The van der Waals surface area contributed by atoms with Crippen molar-refractivity contribution >= 4 is 38.7 Å². The third-order valence-corrected chi connectivity index (χ3v) is 10.9. The van der Waals surface area contributed by atoms with Crippen molar-refractivity contribution in [2.45, 2.75) is 93.9 Å². The minimum Gasteiger partial charge on any atom is -0.447 e. The molecule has 2 aliphatic carbocycles. The van der Waals surface area contributed by atoms with Crippen LogP contribution in [0.15, 0.2) is 35.4 Å². The van der Waals surface area contributed by atoms with Gasteiger partial charge in [0.05, 0.1) is 30.6 Å². The maximum atomic E-state index is 13.8. The summed E-state index contributed by atoms with van der Waals surface area (Å²) in [6.45, 7) is 5.62. The number of nitrogens with one attached hydrogen (secondary N) is 4. The number of ether oxygens (including phenoxy) is 1. The van der Waals surface area contributed by atoms with Gasteiger partial charge in [0.1, 0.15) is 0 Å². The van der Waals surface area contributed by atoms with Gasteiger partial charge in [0, 0.05) is 46.4 Å². The summed E-state index contributed by atoms with van der Waals surface area (Å²) in [6.07, 6.45) is 7.71. The lowest BCUT2D eigenvalue weighted by Crippen LogP contribution is -2.38. The highest BCUT2D eigenvalue weighted by molar-refractivity contribution is 7.93. The van der Waals surface area contributed by atoms with E-state index in [1.54, 1.807) is 11.3 Å². The standard InChI is InChI=1S/C27H36N6O3S2/c1-16(2)36-27(34)31-19-9-7-18(8-10-19)26-29-15-23(37-26)22-12-11-20(30-25-13-17(3)32-33-25)14-24(22)38(28,35)21-5-4-6-21/h11-16,18-19,21,28H,4-10H2,1-3H3,(H,31,34)(H2,30,32,33). The van der Waals surface area contributed by atoms with Crippen LogP contribution in [-0.4, -0.2) is 42.9 Å². The number of benzene rings is 1. The molecular weight excluding hydrogens is 520 g/mol. The lowest BCUT2D eigenvalue weighted by Gasteiger charge is -2.29. The highest BCUT2D eigenvalue weighted by Crippen LogP contribution is 2.42. The number of thiazole rings is 1. The molecule has 2 saturated carbocycles. The van der Waals surface area contributed by atoms with Crippen molar-refractivity contribution in [3.8, 4) is 10.4 Å². The van der Waals surface area contributed by atoms with E-state index in [-0.39, 0.29) is 23.5 Å². The summed E-state index contributed by atoms with van der Waals surface area (Å²) in [7, 11) is -2.98. The summed E-state index contributed by atoms with van der Waals surface area (Å²) in [5.41, 5.74) is 2.54. The van der Waals surface area contributed by atoms with E-state index >= 15 is 0 Å². The number of nitrogens with zero attached hydrogens (tertiary/aromatic N) is 2. The molecule has 2 fully saturated rings. The van der Waals surface area contributed by atoms with Gasteiger partial charge in [-0.2, -0.15) is 5.10 Å². The smallest absolute Gasteiger partial charge is 0.407 e. The number of hydrogen-bond donors (Lipinski definition) is 4. The zero-order chi connectivity index (χ0) is 26.9. The lowest BCUT2D eigenvalue weighted by atomic mass is 9.86. The van der Waals surface area contributed by atoms with Gasteiger partial charge in [-0.25, -0.2) is 18.8 Å². The summed E-state index contributed by atoms with van der Waals surface area (Å²) in [6, 6.07) is 7.80. The summed E-state index contributed by atoms with van der Waals surface area (Å²) in [4.78, 5) is 18.2. The van der Waals surface area contributed by atoms with Gasteiger partial charge in [-0.15, -0.1) is 11.3 Å². The fourth-order valence-electron chi connectivity index (χ4n) is 5.07. The molecule has 2 aromatic heterocycles. The number of anilines is 2. The van der Waals surface area contributed by atoms with E-state index in [9.17, 15) is 9.00 Å². The summed E-state index contributed by atoms with van der Waals surface area (Å²) in [5.74, 6) is 1.01. The minimum atomic E-state index is -2.98. The van der Waals surface area contributed by atoms with Crippen molar-refractivity contribution in [2.24, 2.45) is 0 Å². The largest absolute Gasteiger partial charge is 0.447 e. The molecule has 1 aromatic carbocycles. The van der Waals surface area contributed by atoms with Crippen molar-refractivity contribution in [3.05, 3.63) is 41.2 Å². The fourth-order valence-corrected chi connectivity index (χ4v) is 8.42. The number of hydrogen-bond acceptors (Lipinski definition) is 8. The highest BCUT2D eigenvalue weighted by Gasteiger charge is 2.32. The molecule has 1 atom stereocenters. The highest BCUT2D eigenvalue weighted by atomic mass is 32.2. The molecule has 0 saturated heterocycles. The molecule has 204 valence electrons. The molecule has 1 amide bonds. The fraction of sp³-hybridized carbons (Fsp3) is 0.519. The van der Waals surface area contributed by atoms with Crippen molar-refractivity contribution in [1.82, 2.24) is 20.5 Å². The second-order valence-electron chi connectivity index (χ2n) is 10.6. The van der Waals surface area contributed by atoms with Crippen LogP contribution in [-0.2, 0) is 14.5 Å². The number of aromatic amines is 1. The van der Waals surface area contributed by atoms with E-state index < -0.39 is 9.73 Å². The van der Waals surface area contributed by atoms with Crippen molar-refractivity contribution in [3.63, 3.8) is 0 Å². The molecule has 5 rings (SSSR count).